The Labute approximate surface area is 138 Å². The first kappa shape index (κ1) is 15.5. The molecule has 0 radical (unpaired) electrons. The topological polar surface area (TPSA) is 56.0 Å². The van der Waals surface area contributed by atoms with Gasteiger partial charge in [-0.2, -0.15) is 0 Å². The molecule has 3 rings (SSSR count). The molecule has 1 aromatic heterocycles. The zero-order valence-corrected chi connectivity index (χ0v) is 13.5. The van der Waals surface area contributed by atoms with Gasteiger partial charge in [-0.1, -0.05) is 61.2 Å². The highest BCUT2D eigenvalue weighted by Crippen LogP contribution is 2.23. The van der Waals surface area contributed by atoms with Crippen molar-refractivity contribution in [1.29, 1.82) is 0 Å². The van der Waals surface area contributed by atoms with Crippen LogP contribution < -0.4 is 0 Å². The maximum atomic E-state index is 12.2. The van der Waals surface area contributed by atoms with E-state index in [-0.39, 0.29) is 11.5 Å². The Morgan fingerprint density at radius 3 is 2.48 bits per heavy atom. The highest BCUT2D eigenvalue weighted by Gasteiger charge is 2.12. The van der Waals surface area contributed by atoms with Crippen molar-refractivity contribution in [3.8, 4) is 11.5 Å². The number of carbonyl (C=O) groups excluding carboxylic acids is 1. The first-order valence-electron chi connectivity index (χ1n) is 7.40. The van der Waals surface area contributed by atoms with Crippen LogP contribution in [0, 0.1) is 0 Å². The van der Waals surface area contributed by atoms with Gasteiger partial charge in [-0.05, 0) is 24.1 Å². The van der Waals surface area contributed by atoms with Gasteiger partial charge < -0.3 is 4.42 Å². The van der Waals surface area contributed by atoms with Crippen LogP contribution in [-0.2, 0) is 6.42 Å². The second-order valence-electron chi connectivity index (χ2n) is 5.00. The van der Waals surface area contributed by atoms with Gasteiger partial charge in [0, 0.05) is 11.1 Å². The van der Waals surface area contributed by atoms with Crippen LogP contribution in [-0.4, -0.2) is 21.7 Å². The average molecular weight is 324 g/mol. The van der Waals surface area contributed by atoms with E-state index in [9.17, 15) is 4.79 Å². The molecule has 0 bridgehead atoms. The van der Waals surface area contributed by atoms with E-state index >= 15 is 0 Å². The van der Waals surface area contributed by atoms with Crippen molar-refractivity contribution in [2.45, 2.75) is 18.6 Å². The second kappa shape index (κ2) is 7.24. The number of benzene rings is 2. The van der Waals surface area contributed by atoms with Crippen LogP contribution in [0.3, 0.4) is 0 Å². The summed E-state index contributed by atoms with van der Waals surface area (Å²) in [4.78, 5) is 12.2. The Morgan fingerprint density at radius 2 is 1.78 bits per heavy atom. The molecule has 0 fully saturated rings. The van der Waals surface area contributed by atoms with Gasteiger partial charge in [-0.15, -0.1) is 10.2 Å². The van der Waals surface area contributed by atoms with Crippen LogP contribution in [0.1, 0.15) is 22.8 Å². The summed E-state index contributed by atoms with van der Waals surface area (Å²) < 4.78 is 5.58. The molecule has 0 N–H and O–H groups in total. The standard InChI is InChI=1S/C18H16N2O2S/c1-2-13-8-10-14(11-9-13)16(21)12-23-18-20-19-17(22-18)15-6-4-3-5-7-15/h3-11H,2,12H2,1H3. The molecule has 0 atom stereocenters. The molecule has 0 spiro atoms. The molecule has 0 amide bonds. The zero-order valence-electron chi connectivity index (χ0n) is 12.7. The molecule has 0 aliphatic rings. The molecule has 0 aliphatic heterocycles. The number of aromatic nitrogens is 2. The number of thioether (sulfide) groups is 1. The highest BCUT2D eigenvalue weighted by molar-refractivity contribution is 7.99. The fourth-order valence-electron chi connectivity index (χ4n) is 2.10. The summed E-state index contributed by atoms with van der Waals surface area (Å²) in [5.74, 6) is 0.798. The van der Waals surface area contributed by atoms with Crippen molar-refractivity contribution in [3.05, 3.63) is 65.7 Å². The van der Waals surface area contributed by atoms with Crippen molar-refractivity contribution in [2.24, 2.45) is 0 Å². The number of nitrogens with zero attached hydrogens (tertiary/aromatic N) is 2. The van der Waals surface area contributed by atoms with Gasteiger partial charge in [0.05, 0.1) is 5.75 Å². The summed E-state index contributed by atoms with van der Waals surface area (Å²) in [6.45, 7) is 2.09. The van der Waals surface area contributed by atoms with Gasteiger partial charge in [-0.25, -0.2) is 0 Å². The number of Topliss-reactive ketones (excluding diaryl/α,β-unsaturated/α-hetero) is 1. The van der Waals surface area contributed by atoms with Gasteiger partial charge in [-0.3, -0.25) is 4.79 Å². The lowest BCUT2D eigenvalue weighted by molar-refractivity contribution is 0.102. The lowest BCUT2D eigenvalue weighted by Crippen LogP contribution is -2.02. The Kier molecular flexibility index (Phi) is 4.88. The third-order valence-corrected chi connectivity index (χ3v) is 4.26. The van der Waals surface area contributed by atoms with Gasteiger partial charge in [0.25, 0.3) is 5.22 Å². The van der Waals surface area contributed by atoms with Crippen LogP contribution in [0.5, 0.6) is 0 Å². The average Bonchev–Trinajstić information content (AvgIpc) is 3.09. The van der Waals surface area contributed by atoms with E-state index in [0.29, 0.717) is 16.7 Å². The summed E-state index contributed by atoms with van der Waals surface area (Å²) in [6.07, 6.45) is 0.966. The molecular formula is C18H16N2O2S. The van der Waals surface area contributed by atoms with Crippen LogP contribution in [0.15, 0.2) is 64.2 Å². The predicted octanol–water partition coefficient (Wildman–Crippen LogP) is 4.27. The molecule has 0 unspecified atom stereocenters. The Bertz CT molecular complexity index is 782. The monoisotopic (exact) mass is 324 g/mol. The first-order valence-corrected chi connectivity index (χ1v) is 8.38. The summed E-state index contributed by atoms with van der Waals surface area (Å²) >= 11 is 1.26. The van der Waals surface area contributed by atoms with Crippen LogP contribution >= 0.6 is 11.8 Å². The lowest BCUT2D eigenvalue weighted by atomic mass is 10.1. The molecule has 23 heavy (non-hydrogen) atoms. The molecule has 0 aliphatic carbocycles. The maximum Gasteiger partial charge on any atom is 0.277 e. The lowest BCUT2D eigenvalue weighted by Gasteiger charge is -2.00. The number of ketones is 1. The van der Waals surface area contributed by atoms with Gasteiger partial charge in [0.1, 0.15) is 0 Å². The molecule has 3 aromatic rings. The summed E-state index contributed by atoms with van der Waals surface area (Å²) in [7, 11) is 0. The van der Waals surface area contributed by atoms with Gasteiger partial charge >= 0.3 is 0 Å². The molecule has 2 aromatic carbocycles. The fourth-order valence-corrected chi connectivity index (χ4v) is 2.76. The third-order valence-electron chi connectivity index (χ3n) is 3.44. The van der Waals surface area contributed by atoms with E-state index in [2.05, 4.69) is 17.1 Å². The number of carbonyl (C=O) groups is 1. The van der Waals surface area contributed by atoms with Gasteiger partial charge in [0.2, 0.25) is 5.89 Å². The second-order valence-corrected chi connectivity index (χ2v) is 5.93. The molecule has 4 nitrogen and oxygen atoms in total. The van der Waals surface area contributed by atoms with E-state index in [1.807, 2.05) is 54.6 Å². The zero-order chi connectivity index (χ0) is 16.1. The van der Waals surface area contributed by atoms with Crippen LogP contribution in [0.4, 0.5) is 0 Å². The summed E-state index contributed by atoms with van der Waals surface area (Å²) in [6, 6.07) is 17.3. The highest BCUT2D eigenvalue weighted by atomic mass is 32.2. The summed E-state index contributed by atoms with van der Waals surface area (Å²) in [5.41, 5.74) is 2.80. The molecule has 0 saturated carbocycles. The van der Waals surface area contributed by atoms with Crippen LogP contribution in [0.2, 0.25) is 0 Å². The quantitative estimate of drug-likeness (QED) is 0.500. The van der Waals surface area contributed by atoms with E-state index in [1.165, 1.54) is 17.3 Å². The van der Waals surface area contributed by atoms with Crippen molar-refractivity contribution in [2.75, 3.05) is 5.75 Å². The van der Waals surface area contributed by atoms with Crippen molar-refractivity contribution < 1.29 is 9.21 Å². The Morgan fingerprint density at radius 1 is 1.04 bits per heavy atom. The smallest absolute Gasteiger partial charge is 0.277 e. The molecular weight excluding hydrogens is 308 g/mol. The fraction of sp³-hybridized carbons (Fsp3) is 0.167. The maximum absolute atomic E-state index is 12.2. The predicted molar refractivity (Wildman–Crippen MR) is 90.6 cm³/mol. The largest absolute Gasteiger partial charge is 0.411 e. The Balaban J connectivity index is 1.62. The summed E-state index contributed by atoms with van der Waals surface area (Å²) in [5, 5.41) is 8.40. The molecule has 0 saturated heterocycles. The van der Waals surface area contributed by atoms with Crippen LogP contribution in [0.25, 0.3) is 11.5 Å². The number of hydrogen-bond acceptors (Lipinski definition) is 5. The minimum Gasteiger partial charge on any atom is -0.411 e. The SMILES string of the molecule is CCc1ccc(C(=O)CSc2nnc(-c3ccccc3)o2)cc1. The number of hydrogen-bond donors (Lipinski definition) is 0. The number of rotatable bonds is 6. The van der Waals surface area contributed by atoms with E-state index in [1.54, 1.807) is 0 Å². The van der Waals surface area contributed by atoms with Crippen molar-refractivity contribution >= 4 is 17.5 Å². The molecule has 116 valence electrons. The van der Waals surface area contributed by atoms with E-state index in [4.69, 9.17) is 4.42 Å². The van der Waals surface area contributed by atoms with Crippen molar-refractivity contribution in [1.82, 2.24) is 10.2 Å². The van der Waals surface area contributed by atoms with E-state index in [0.717, 1.165) is 12.0 Å². The van der Waals surface area contributed by atoms with Crippen molar-refractivity contribution in [3.63, 3.8) is 0 Å². The first-order chi connectivity index (χ1) is 11.3. The number of aryl methyl sites for hydroxylation is 1. The Hall–Kier alpha value is -2.40. The third kappa shape index (κ3) is 3.87. The normalized spacial score (nSPS) is 10.7. The van der Waals surface area contributed by atoms with Gasteiger partial charge in [0.15, 0.2) is 5.78 Å². The van der Waals surface area contributed by atoms with E-state index < -0.39 is 0 Å². The molecule has 1 heterocycles. The molecule has 5 heteroatoms. The minimum atomic E-state index is 0.0529. The minimum absolute atomic E-state index is 0.0529.